The second-order valence-corrected chi connectivity index (χ2v) is 11.9. The Hall–Kier alpha value is -4.92. The minimum absolute atomic E-state index is 0.188. The standard InChI is InChI=1S/C37H28BrClN2O5/c1-3-45-33-21-24(20-30(38)34(33)46-22-26-10-5-7-13-31(26)39)19-29-35(42)40(27-17-15-23(2)16-18-27)37(44)41(36(29)43)32-14-8-11-25-9-4-6-12-28(25)32/h4-21H,3,22H2,1-2H3/b29-19+. The number of carbonyl (C=O) groups excluding carboxylic acids is 3. The summed E-state index contributed by atoms with van der Waals surface area (Å²) >= 11 is 9.91. The first-order valence-electron chi connectivity index (χ1n) is 14.6. The predicted octanol–water partition coefficient (Wildman–Crippen LogP) is 9.13. The van der Waals surface area contributed by atoms with E-state index in [0.717, 1.165) is 26.3 Å². The van der Waals surface area contributed by atoms with Crippen LogP contribution in [0.1, 0.15) is 23.6 Å². The molecule has 1 heterocycles. The van der Waals surface area contributed by atoms with Gasteiger partial charge in [-0.2, -0.15) is 0 Å². The fourth-order valence-electron chi connectivity index (χ4n) is 5.27. The molecule has 5 aromatic rings. The Morgan fingerprint density at radius 1 is 0.804 bits per heavy atom. The van der Waals surface area contributed by atoms with Gasteiger partial charge in [-0.1, -0.05) is 83.9 Å². The van der Waals surface area contributed by atoms with Crippen molar-refractivity contribution in [2.75, 3.05) is 16.4 Å². The minimum atomic E-state index is -0.758. The van der Waals surface area contributed by atoms with Crippen molar-refractivity contribution in [3.05, 3.63) is 135 Å². The molecule has 1 aliphatic heterocycles. The molecular weight excluding hydrogens is 668 g/mol. The third kappa shape index (κ3) is 6.01. The number of halogens is 2. The van der Waals surface area contributed by atoms with E-state index in [1.807, 2.05) is 74.5 Å². The van der Waals surface area contributed by atoms with Gasteiger partial charge in [-0.25, -0.2) is 14.6 Å². The van der Waals surface area contributed by atoms with E-state index in [2.05, 4.69) is 15.9 Å². The fraction of sp³-hybridized carbons (Fsp3) is 0.108. The monoisotopic (exact) mass is 694 g/mol. The number of urea groups is 1. The third-order valence-corrected chi connectivity index (χ3v) is 8.48. The Kier molecular flexibility index (Phi) is 8.92. The molecule has 4 amide bonds. The highest BCUT2D eigenvalue weighted by molar-refractivity contribution is 9.10. The number of nitrogens with zero attached hydrogens (tertiary/aromatic N) is 2. The Morgan fingerprint density at radius 3 is 2.26 bits per heavy atom. The molecule has 0 unspecified atom stereocenters. The van der Waals surface area contributed by atoms with Crippen molar-refractivity contribution in [1.82, 2.24) is 0 Å². The highest BCUT2D eigenvalue weighted by Crippen LogP contribution is 2.39. The van der Waals surface area contributed by atoms with Gasteiger partial charge in [-0.3, -0.25) is 9.59 Å². The average Bonchev–Trinajstić information content (AvgIpc) is 3.05. The zero-order valence-corrected chi connectivity index (χ0v) is 27.3. The Morgan fingerprint density at radius 2 is 1.50 bits per heavy atom. The van der Waals surface area contributed by atoms with E-state index in [0.29, 0.717) is 49.9 Å². The van der Waals surface area contributed by atoms with E-state index < -0.39 is 17.8 Å². The van der Waals surface area contributed by atoms with Crippen LogP contribution >= 0.6 is 27.5 Å². The van der Waals surface area contributed by atoms with Crippen molar-refractivity contribution in [1.29, 1.82) is 0 Å². The van der Waals surface area contributed by atoms with Gasteiger partial charge >= 0.3 is 6.03 Å². The van der Waals surface area contributed by atoms with Gasteiger partial charge in [0.2, 0.25) is 0 Å². The van der Waals surface area contributed by atoms with Crippen LogP contribution in [0.4, 0.5) is 16.2 Å². The van der Waals surface area contributed by atoms with Crippen LogP contribution in [-0.2, 0) is 16.2 Å². The molecular formula is C37H28BrClN2O5. The second kappa shape index (κ2) is 13.2. The highest BCUT2D eigenvalue weighted by atomic mass is 79.9. The normalized spacial score (nSPS) is 14.3. The summed E-state index contributed by atoms with van der Waals surface area (Å²) in [5, 5.41) is 2.13. The van der Waals surface area contributed by atoms with Crippen molar-refractivity contribution in [2.24, 2.45) is 0 Å². The molecule has 0 radical (unpaired) electrons. The summed E-state index contributed by atoms with van der Waals surface area (Å²) < 4.78 is 12.6. The number of rotatable bonds is 8. The quantitative estimate of drug-likeness (QED) is 0.120. The van der Waals surface area contributed by atoms with Gasteiger partial charge in [0, 0.05) is 16.0 Å². The lowest BCUT2D eigenvalue weighted by atomic mass is 10.0. The van der Waals surface area contributed by atoms with E-state index in [1.165, 1.54) is 6.08 Å². The molecule has 0 atom stereocenters. The van der Waals surface area contributed by atoms with Crippen molar-refractivity contribution in [3.8, 4) is 11.5 Å². The second-order valence-electron chi connectivity index (χ2n) is 10.6. The summed E-state index contributed by atoms with van der Waals surface area (Å²) in [5.41, 5.74) is 2.80. The first-order valence-corrected chi connectivity index (χ1v) is 15.8. The molecule has 230 valence electrons. The lowest BCUT2D eigenvalue weighted by Crippen LogP contribution is -2.57. The number of hydrogen-bond donors (Lipinski definition) is 0. The highest BCUT2D eigenvalue weighted by Gasteiger charge is 2.44. The van der Waals surface area contributed by atoms with E-state index in [-0.39, 0.29) is 12.2 Å². The predicted molar refractivity (Wildman–Crippen MR) is 185 cm³/mol. The Balaban J connectivity index is 1.45. The zero-order chi connectivity index (χ0) is 32.4. The molecule has 0 spiro atoms. The van der Waals surface area contributed by atoms with E-state index in [9.17, 15) is 14.4 Å². The summed E-state index contributed by atoms with van der Waals surface area (Å²) in [7, 11) is 0. The maximum Gasteiger partial charge on any atom is 0.343 e. The van der Waals surface area contributed by atoms with Gasteiger partial charge in [0.15, 0.2) is 11.5 Å². The van der Waals surface area contributed by atoms with Crippen molar-refractivity contribution in [2.45, 2.75) is 20.5 Å². The number of aryl methyl sites for hydroxylation is 1. The van der Waals surface area contributed by atoms with Crippen molar-refractivity contribution < 1.29 is 23.9 Å². The van der Waals surface area contributed by atoms with Crippen LogP contribution in [0.15, 0.2) is 113 Å². The number of hydrogen-bond acceptors (Lipinski definition) is 5. The first-order chi connectivity index (χ1) is 22.3. The molecule has 0 aliphatic carbocycles. The molecule has 1 aliphatic rings. The molecule has 1 fully saturated rings. The summed E-state index contributed by atoms with van der Waals surface area (Å²) in [5.74, 6) is -0.616. The molecule has 7 nitrogen and oxygen atoms in total. The summed E-state index contributed by atoms with van der Waals surface area (Å²) in [6, 6.07) is 29.9. The lowest BCUT2D eigenvalue weighted by Gasteiger charge is -2.34. The van der Waals surface area contributed by atoms with E-state index in [1.54, 1.807) is 42.5 Å². The minimum Gasteiger partial charge on any atom is -0.490 e. The topological polar surface area (TPSA) is 76.2 Å². The van der Waals surface area contributed by atoms with Gasteiger partial charge in [-0.05, 0) is 83.2 Å². The summed E-state index contributed by atoms with van der Waals surface area (Å²) in [6.07, 6.45) is 1.47. The molecule has 0 N–H and O–H groups in total. The largest absolute Gasteiger partial charge is 0.490 e. The number of carbonyl (C=O) groups is 3. The molecule has 0 aromatic heterocycles. The van der Waals surface area contributed by atoms with Gasteiger partial charge in [0.1, 0.15) is 12.2 Å². The lowest BCUT2D eigenvalue weighted by molar-refractivity contribution is -0.121. The number of barbiturate groups is 1. The van der Waals surface area contributed by atoms with Crippen LogP contribution in [0.25, 0.3) is 16.8 Å². The molecule has 6 rings (SSSR count). The first kappa shape index (κ1) is 31.1. The van der Waals surface area contributed by atoms with Gasteiger partial charge in [-0.15, -0.1) is 0 Å². The third-order valence-electron chi connectivity index (χ3n) is 7.52. The fourth-order valence-corrected chi connectivity index (χ4v) is 6.04. The number of benzene rings is 5. The van der Waals surface area contributed by atoms with Gasteiger partial charge in [0.05, 0.1) is 22.5 Å². The SMILES string of the molecule is CCOc1cc(/C=C2\C(=O)N(c3ccc(C)cc3)C(=O)N(c3cccc4ccccc34)C2=O)cc(Br)c1OCc1ccccc1Cl. The number of anilines is 2. The van der Waals surface area contributed by atoms with Gasteiger partial charge in [0.25, 0.3) is 11.8 Å². The number of amides is 4. The maximum absolute atomic E-state index is 14.2. The molecule has 46 heavy (non-hydrogen) atoms. The Bertz CT molecular complexity index is 2020. The molecule has 1 saturated heterocycles. The molecule has 0 saturated carbocycles. The number of imide groups is 2. The maximum atomic E-state index is 14.2. The summed E-state index contributed by atoms with van der Waals surface area (Å²) in [6.45, 7) is 4.30. The molecule has 9 heteroatoms. The van der Waals surface area contributed by atoms with Crippen LogP contribution < -0.4 is 19.3 Å². The smallest absolute Gasteiger partial charge is 0.343 e. The van der Waals surface area contributed by atoms with Crippen molar-refractivity contribution in [3.63, 3.8) is 0 Å². The van der Waals surface area contributed by atoms with Crippen LogP contribution in [0.3, 0.4) is 0 Å². The van der Waals surface area contributed by atoms with E-state index in [4.69, 9.17) is 21.1 Å². The average molecular weight is 696 g/mol. The van der Waals surface area contributed by atoms with Gasteiger partial charge < -0.3 is 9.47 Å². The molecule has 0 bridgehead atoms. The van der Waals surface area contributed by atoms with E-state index >= 15 is 0 Å². The van der Waals surface area contributed by atoms with Crippen molar-refractivity contribution >= 4 is 73.6 Å². The Labute approximate surface area is 279 Å². The van der Waals surface area contributed by atoms with Crippen LogP contribution in [-0.4, -0.2) is 24.5 Å². The van der Waals surface area contributed by atoms with Crippen LogP contribution in [0, 0.1) is 6.92 Å². The summed E-state index contributed by atoms with van der Waals surface area (Å²) in [4.78, 5) is 44.4. The number of ether oxygens (including phenoxy) is 2. The van der Waals surface area contributed by atoms with Crippen LogP contribution in [0.5, 0.6) is 11.5 Å². The zero-order valence-electron chi connectivity index (χ0n) is 25.0. The van der Waals surface area contributed by atoms with Crippen LogP contribution in [0.2, 0.25) is 5.02 Å². The molecule has 5 aromatic carbocycles. The number of fused-ring (bicyclic) bond motifs is 1.